The Morgan fingerprint density at radius 2 is 1.63 bits per heavy atom. The SMILES string of the molecule is COCCCOc1cc(C[C@H](CC[C@H](O)[C@@H](N)NCc2ccccc2)C(C)C)ccc1OC.Cl.Cl. The molecule has 2 rings (SSSR count). The molecule has 0 bridgehead atoms. The molecule has 0 fully saturated rings. The molecule has 0 aliphatic heterocycles. The molecule has 3 atom stereocenters. The third-order valence-electron chi connectivity index (χ3n) is 6.05. The van der Waals surface area contributed by atoms with E-state index in [1.54, 1.807) is 14.2 Å². The van der Waals surface area contributed by atoms with E-state index in [-0.39, 0.29) is 24.8 Å². The predicted octanol–water partition coefficient (Wildman–Crippen LogP) is 4.98. The molecule has 0 aromatic heterocycles. The third kappa shape index (κ3) is 12.3. The second kappa shape index (κ2) is 18.7. The highest BCUT2D eigenvalue weighted by Gasteiger charge is 2.20. The molecule has 0 aliphatic rings. The standard InChI is InChI=1S/C27H42N2O4.2ClH/c1-20(2)23(12-13-24(30)27(28)29-19-21-9-6-5-7-10-21)17-22-11-14-25(32-4)26(18-22)33-16-8-15-31-3;;/h5-7,9-11,14,18,20,23-24,27,29-30H,8,12-13,15-17,19,28H2,1-4H3;2*1H/t23-,24-,27-;;/m0../s1. The quantitative estimate of drug-likeness (QED) is 0.209. The van der Waals surface area contributed by atoms with Crippen molar-refractivity contribution >= 4 is 24.8 Å². The van der Waals surface area contributed by atoms with Crippen LogP contribution in [0.2, 0.25) is 0 Å². The van der Waals surface area contributed by atoms with E-state index in [0.717, 1.165) is 36.3 Å². The molecule has 6 nitrogen and oxygen atoms in total. The third-order valence-corrected chi connectivity index (χ3v) is 6.05. The molecular formula is C27H44Cl2N2O4. The first-order valence-electron chi connectivity index (χ1n) is 11.9. The summed E-state index contributed by atoms with van der Waals surface area (Å²) in [7, 11) is 3.35. The van der Waals surface area contributed by atoms with Gasteiger partial charge in [-0.1, -0.05) is 50.2 Å². The number of nitrogens with two attached hydrogens (primary N) is 1. The van der Waals surface area contributed by atoms with Crippen LogP contribution in [-0.2, 0) is 17.7 Å². The lowest BCUT2D eigenvalue weighted by Gasteiger charge is -2.25. The maximum absolute atomic E-state index is 10.6. The highest BCUT2D eigenvalue weighted by atomic mass is 35.5. The predicted molar refractivity (Wildman–Crippen MR) is 148 cm³/mol. The van der Waals surface area contributed by atoms with Gasteiger partial charge in [-0.15, -0.1) is 24.8 Å². The topological polar surface area (TPSA) is 86.0 Å². The van der Waals surface area contributed by atoms with Crippen molar-refractivity contribution in [2.45, 2.75) is 58.3 Å². The fourth-order valence-corrected chi connectivity index (χ4v) is 3.85. The van der Waals surface area contributed by atoms with Gasteiger partial charge in [0.1, 0.15) is 0 Å². The Morgan fingerprint density at radius 3 is 2.26 bits per heavy atom. The van der Waals surface area contributed by atoms with E-state index in [1.807, 2.05) is 36.4 Å². The fraction of sp³-hybridized carbons (Fsp3) is 0.556. The summed E-state index contributed by atoms with van der Waals surface area (Å²) in [5.41, 5.74) is 8.56. The summed E-state index contributed by atoms with van der Waals surface area (Å²) in [6.07, 6.45) is 2.25. The van der Waals surface area contributed by atoms with Gasteiger partial charge in [0.15, 0.2) is 11.5 Å². The van der Waals surface area contributed by atoms with Crippen molar-refractivity contribution in [1.82, 2.24) is 5.32 Å². The summed E-state index contributed by atoms with van der Waals surface area (Å²) >= 11 is 0. The number of hydrogen-bond acceptors (Lipinski definition) is 6. The van der Waals surface area contributed by atoms with Gasteiger partial charge < -0.3 is 25.1 Å². The summed E-state index contributed by atoms with van der Waals surface area (Å²) in [5, 5.41) is 13.8. The van der Waals surface area contributed by atoms with Crippen LogP contribution >= 0.6 is 24.8 Å². The van der Waals surface area contributed by atoms with E-state index >= 15 is 0 Å². The van der Waals surface area contributed by atoms with Gasteiger partial charge in [0.25, 0.3) is 0 Å². The summed E-state index contributed by atoms with van der Waals surface area (Å²) in [4.78, 5) is 0. The van der Waals surface area contributed by atoms with Crippen LogP contribution in [0.1, 0.15) is 44.2 Å². The smallest absolute Gasteiger partial charge is 0.161 e. The van der Waals surface area contributed by atoms with E-state index in [0.29, 0.717) is 38.0 Å². The van der Waals surface area contributed by atoms with E-state index in [2.05, 4.69) is 31.3 Å². The van der Waals surface area contributed by atoms with Crippen molar-refractivity contribution in [3.05, 3.63) is 59.7 Å². The van der Waals surface area contributed by atoms with Gasteiger partial charge in [-0.25, -0.2) is 0 Å². The fourth-order valence-electron chi connectivity index (χ4n) is 3.85. The molecule has 0 amide bonds. The number of aliphatic hydroxyl groups excluding tert-OH is 1. The Morgan fingerprint density at radius 1 is 0.914 bits per heavy atom. The second-order valence-corrected chi connectivity index (χ2v) is 8.93. The summed E-state index contributed by atoms with van der Waals surface area (Å²) < 4.78 is 16.5. The number of halogens is 2. The number of rotatable bonds is 16. The van der Waals surface area contributed by atoms with Gasteiger partial charge in [-0.05, 0) is 54.4 Å². The molecule has 200 valence electrons. The molecular weight excluding hydrogens is 487 g/mol. The lowest BCUT2D eigenvalue weighted by atomic mass is 9.84. The van der Waals surface area contributed by atoms with Crippen LogP contribution in [0.5, 0.6) is 11.5 Å². The number of nitrogens with one attached hydrogen (secondary N) is 1. The molecule has 0 radical (unpaired) electrons. The minimum absolute atomic E-state index is 0. The van der Waals surface area contributed by atoms with Crippen LogP contribution < -0.4 is 20.5 Å². The first-order valence-corrected chi connectivity index (χ1v) is 11.9. The van der Waals surface area contributed by atoms with Gasteiger partial charge in [0, 0.05) is 26.7 Å². The van der Waals surface area contributed by atoms with Gasteiger partial charge in [0.05, 0.1) is 26.0 Å². The molecule has 2 aromatic carbocycles. The van der Waals surface area contributed by atoms with E-state index in [1.165, 1.54) is 5.56 Å². The number of hydrogen-bond donors (Lipinski definition) is 3. The van der Waals surface area contributed by atoms with E-state index < -0.39 is 12.3 Å². The van der Waals surface area contributed by atoms with Crippen molar-refractivity contribution in [2.24, 2.45) is 17.6 Å². The molecule has 0 aliphatic carbocycles. The van der Waals surface area contributed by atoms with Crippen molar-refractivity contribution in [3.8, 4) is 11.5 Å². The van der Waals surface area contributed by atoms with Crippen molar-refractivity contribution in [1.29, 1.82) is 0 Å². The molecule has 0 saturated carbocycles. The summed E-state index contributed by atoms with van der Waals surface area (Å²) in [6, 6.07) is 16.2. The van der Waals surface area contributed by atoms with Crippen molar-refractivity contribution in [2.75, 3.05) is 27.4 Å². The van der Waals surface area contributed by atoms with Gasteiger partial charge in [0.2, 0.25) is 0 Å². The van der Waals surface area contributed by atoms with Crippen LogP contribution in [0, 0.1) is 11.8 Å². The minimum Gasteiger partial charge on any atom is -0.493 e. The lowest BCUT2D eigenvalue weighted by Crippen LogP contribution is -2.46. The Balaban J connectivity index is 0.00000578. The van der Waals surface area contributed by atoms with Crippen LogP contribution in [0.15, 0.2) is 48.5 Å². The van der Waals surface area contributed by atoms with Gasteiger partial charge in [-0.3, -0.25) is 5.32 Å². The molecule has 0 spiro atoms. The van der Waals surface area contributed by atoms with Crippen LogP contribution in [0.25, 0.3) is 0 Å². The Hall–Kier alpha value is -1.54. The highest BCUT2D eigenvalue weighted by Crippen LogP contribution is 2.31. The largest absolute Gasteiger partial charge is 0.493 e. The molecule has 4 N–H and O–H groups in total. The Bertz CT molecular complexity index is 796. The molecule has 2 aromatic rings. The summed E-state index contributed by atoms with van der Waals surface area (Å²) in [6.45, 7) is 6.36. The lowest BCUT2D eigenvalue weighted by molar-refractivity contribution is 0.108. The van der Waals surface area contributed by atoms with Crippen LogP contribution in [-0.4, -0.2) is 44.8 Å². The maximum Gasteiger partial charge on any atom is 0.161 e. The molecule has 0 saturated heterocycles. The number of benzene rings is 2. The molecule has 0 unspecified atom stereocenters. The minimum atomic E-state index is -0.592. The second-order valence-electron chi connectivity index (χ2n) is 8.93. The number of methoxy groups -OCH3 is 2. The molecule has 0 heterocycles. The summed E-state index contributed by atoms with van der Waals surface area (Å²) in [5.74, 6) is 2.42. The number of ether oxygens (including phenoxy) is 3. The van der Waals surface area contributed by atoms with E-state index in [4.69, 9.17) is 19.9 Å². The zero-order valence-corrected chi connectivity index (χ0v) is 23.1. The number of aliphatic hydroxyl groups is 1. The first kappa shape index (κ1) is 33.5. The van der Waals surface area contributed by atoms with Crippen LogP contribution in [0.3, 0.4) is 0 Å². The van der Waals surface area contributed by atoms with Crippen molar-refractivity contribution in [3.63, 3.8) is 0 Å². The molecule has 35 heavy (non-hydrogen) atoms. The van der Waals surface area contributed by atoms with Crippen LogP contribution in [0.4, 0.5) is 0 Å². The normalized spacial score (nSPS) is 13.3. The average molecular weight is 532 g/mol. The zero-order valence-electron chi connectivity index (χ0n) is 21.4. The first-order chi connectivity index (χ1) is 15.9. The Labute approximate surface area is 223 Å². The van der Waals surface area contributed by atoms with E-state index in [9.17, 15) is 5.11 Å². The molecule has 8 heteroatoms. The van der Waals surface area contributed by atoms with Crippen molar-refractivity contribution < 1.29 is 19.3 Å². The zero-order chi connectivity index (χ0) is 24.1. The highest BCUT2D eigenvalue weighted by molar-refractivity contribution is 5.85. The Kier molecular flexibility index (Phi) is 17.9. The average Bonchev–Trinajstić information content (AvgIpc) is 2.83. The maximum atomic E-state index is 10.6. The monoisotopic (exact) mass is 530 g/mol. The van der Waals surface area contributed by atoms with Gasteiger partial charge in [-0.2, -0.15) is 0 Å². The van der Waals surface area contributed by atoms with Gasteiger partial charge >= 0.3 is 0 Å².